The van der Waals surface area contributed by atoms with Gasteiger partial charge in [0, 0.05) is 9.77 Å². The largest absolute Gasteiger partial charge is 0.361 e. The van der Waals surface area contributed by atoms with Gasteiger partial charge < -0.3 is 5.32 Å². The maximum Gasteiger partial charge on any atom is 0.126 e. The third-order valence-electron chi connectivity index (χ3n) is 1.04. The molecular formula is C6H9IN2P2. The van der Waals surface area contributed by atoms with Crippen LogP contribution in [-0.4, -0.2) is 10.5 Å². The van der Waals surface area contributed by atoms with Gasteiger partial charge in [-0.3, -0.25) is 0 Å². The molecule has 2 atom stereocenters. The summed E-state index contributed by atoms with van der Waals surface area (Å²) in [5.41, 5.74) is 0.280. The van der Waals surface area contributed by atoms with Gasteiger partial charge in [0.15, 0.2) is 0 Å². The number of rotatable bonds is 2. The Labute approximate surface area is 84.5 Å². The molecule has 11 heavy (non-hydrogen) atoms. The van der Waals surface area contributed by atoms with Crippen LogP contribution in [0.4, 0.5) is 5.82 Å². The van der Waals surface area contributed by atoms with Gasteiger partial charge in [0.1, 0.15) is 5.82 Å². The number of halogens is 1. The highest BCUT2D eigenvalue weighted by molar-refractivity contribution is 14.1. The standard InChI is InChI=1S/C6H9IN2P2/c7-4-1-2-5(8-3-4)9-6(10)11/h1-3,6H,10-11H2,(H,8,9). The quantitative estimate of drug-likeness (QED) is 0.668. The first-order chi connectivity index (χ1) is 5.18. The lowest BCUT2D eigenvalue weighted by molar-refractivity contribution is 1.24. The zero-order chi connectivity index (χ0) is 8.27. The molecule has 0 aliphatic heterocycles. The van der Waals surface area contributed by atoms with E-state index >= 15 is 0 Å². The van der Waals surface area contributed by atoms with Crippen LogP contribution in [0.3, 0.4) is 0 Å². The highest BCUT2D eigenvalue weighted by Gasteiger charge is 1.94. The van der Waals surface area contributed by atoms with Crippen molar-refractivity contribution in [3.63, 3.8) is 0 Å². The lowest BCUT2D eigenvalue weighted by Crippen LogP contribution is -2.03. The minimum absolute atomic E-state index is 0.280. The SMILES string of the molecule is PC(P)Nc1ccc(I)cn1. The van der Waals surface area contributed by atoms with Crippen LogP contribution in [0.15, 0.2) is 18.3 Å². The Morgan fingerprint density at radius 2 is 2.18 bits per heavy atom. The normalized spacial score (nSPS) is 10.2. The van der Waals surface area contributed by atoms with Crippen LogP contribution in [0.25, 0.3) is 0 Å². The highest BCUT2D eigenvalue weighted by Crippen LogP contribution is 2.13. The average Bonchev–Trinajstić information content (AvgIpc) is 1.93. The van der Waals surface area contributed by atoms with Crippen molar-refractivity contribution in [1.29, 1.82) is 0 Å². The van der Waals surface area contributed by atoms with Gasteiger partial charge in [0.2, 0.25) is 0 Å². The lowest BCUT2D eigenvalue weighted by Gasteiger charge is -2.07. The Hall–Kier alpha value is 0.540. The molecule has 0 fully saturated rings. The van der Waals surface area contributed by atoms with Crippen LogP contribution >= 0.6 is 41.1 Å². The first-order valence-electron chi connectivity index (χ1n) is 3.08. The molecule has 0 aliphatic rings. The summed E-state index contributed by atoms with van der Waals surface area (Å²) in [7, 11) is 5.26. The second kappa shape index (κ2) is 4.54. The topological polar surface area (TPSA) is 24.9 Å². The van der Waals surface area contributed by atoms with Gasteiger partial charge >= 0.3 is 0 Å². The predicted molar refractivity (Wildman–Crippen MR) is 63.8 cm³/mol. The average molecular weight is 298 g/mol. The molecular weight excluding hydrogens is 289 g/mol. The fourth-order valence-corrected chi connectivity index (χ4v) is 1.29. The maximum absolute atomic E-state index is 4.17. The Bertz CT molecular complexity index is 225. The molecule has 0 saturated heterocycles. The first kappa shape index (κ1) is 9.63. The van der Waals surface area contributed by atoms with Crippen molar-refractivity contribution in [3.8, 4) is 0 Å². The van der Waals surface area contributed by atoms with E-state index in [0.29, 0.717) is 0 Å². The van der Waals surface area contributed by atoms with Crippen LogP contribution in [0.2, 0.25) is 0 Å². The van der Waals surface area contributed by atoms with Gasteiger partial charge in [-0.1, -0.05) is 0 Å². The molecule has 1 N–H and O–H groups in total. The highest BCUT2D eigenvalue weighted by atomic mass is 127. The molecule has 0 aliphatic carbocycles. The Balaban J connectivity index is 2.66. The smallest absolute Gasteiger partial charge is 0.126 e. The number of hydrogen-bond donors (Lipinski definition) is 1. The summed E-state index contributed by atoms with van der Waals surface area (Å²) in [6.07, 6.45) is 1.83. The number of hydrogen-bond acceptors (Lipinski definition) is 2. The van der Waals surface area contributed by atoms with Crippen LogP contribution in [0, 0.1) is 3.57 Å². The number of nitrogens with zero attached hydrogens (tertiary/aromatic N) is 1. The van der Waals surface area contributed by atoms with Crippen molar-refractivity contribution in [2.24, 2.45) is 0 Å². The fourth-order valence-electron chi connectivity index (χ4n) is 0.632. The molecule has 1 rings (SSSR count). The summed E-state index contributed by atoms with van der Waals surface area (Å²) in [5, 5.41) is 3.14. The molecule has 0 amide bonds. The zero-order valence-corrected chi connectivity index (χ0v) is 10.3. The first-order valence-corrected chi connectivity index (χ1v) is 5.49. The van der Waals surface area contributed by atoms with Crippen molar-refractivity contribution < 1.29 is 0 Å². The molecule has 1 aromatic heterocycles. The molecule has 0 spiro atoms. The Morgan fingerprint density at radius 1 is 1.45 bits per heavy atom. The van der Waals surface area contributed by atoms with E-state index in [4.69, 9.17) is 0 Å². The number of nitrogens with one attached hydrogen (secondary N) is 1. The van der Waals surface area contributed by atoms with Gasteiger partial charge in [0.25, 0.3) is 0 Å². The molecule has 5 heteroatoms. The maximum atomic E-state index is 4.17. The third kappa shape index (κ3) is 3.64. The van der Waals surface area contributed by atoms with E-state index in [1.54, 1.807) is 0 Å². The van der Waals surface area contributed by atoms with Crippen LogP contribution in [0.5, 0.6) is 0 Å². The number of aromatic nitrogens is 1. The van der Waals surface area contributed by atoms with E-state index < -0.39 is 0 Å². The summed E-state index contributed by atoms with van der Waals surface area (Å²) < 4.78 is 1.15. The van der Waals surface area contributed by atoms with Crippen molar-refractivity contribution in [2.45, 2.75) is 5.52 Å². The van der Waals surface area contributed by atoms with Crippen molar-refractivity contribution in [1.82, 2.24) is 4.98 Å². The second-order valence-corrected chi connectivity index (χ2v) is 5.48. The minimum Gasteiger partial charge on any atom is -0.361 e. The van der Waals surface area contributed by atoms with Gasteiger partial charge in [-0.25, -0.2) is 4.98 Å². The second-order valence-electron chi connectivity index (χ2n) is 2.03. The molecule has 0 radical (unpaired) electrons. The van der Waals surface area contributed by atoms with Crippen LogP contribution in [-0.2, 0) is 0 Å². The summed E-state index contributed by atoms with van der Waals surface area (Å²) in [5.74, 6) is 0.903. The number of anilines is 1. The van der Waals surface area contributed by atoms with E-state index in [9.17, 15) is 0 Å². The number of pyridine rings is 1. The monoisotopic (exact) mass is 298 g/mol. The Morgan fingerprint density at radius 3 is 2.64 bits per heavy atom. The molecule has 0 bridgehead atoms. The molecule has 60 valence electrons. The van der Waals surface area contributed by atoms with Crippen LogP contribution in [0.1, 0.15) is 0 Å². The van der Waals surface area contributed by atoms with Gasteiger partial charge in [-0.15, -0.1) is 18.5 Å². The van der Waals surface area contributed by atoms with Crippen LogP contribution < -0.4 is 5.32 Å². The summed E-state index contributed by atoms with van der Waals surface area (Å²) in [6, 6.07) is 3.98. The molecule has 0 saturated carbocycles. The Kier molecular flexibility index (Phi) is 3.97. The minimum atomic E-state index is 0.280. The predicted octanol–water partition coefficient (Wildman–Crippen LogP) is 2.13. The van der Waals surface area contributed by atoms with E-state index in [0.717, 1.165) is 9.39 Å². The molecule has 2 unspecified atom stereocenters. The lowest BCUT2D eigenvalue weighted by atomic mass is 10.5. The van der Waals surface area contributed by atoms with E-state index in [2.05, 4.69) is 51.4 Å². The summed E-state index contributed by atoms with van der Waals surface area (Å²) >= 11 is 2.23. The van der Waals surface area contributed by atoms with Gasteiger partial charge in [-0.2, -0.15) is 0 Å². The summed E-state index contributed by atoms with van der Waals surface area (Å²) in [4.78, 5) is 4.17. The zero-order valence-electron chi connectivity index (χ0n) is 5.79. The molecule has 0 aromatic carbocycles. The van der Waals surface area contributed by atoms with Crippen molar-refractivity contribution in [3.05, 3.63) is 21.9 Å². The molecule has 1 heterocycles. The van der Waals surface area contributed by atoms with E-state index in [1.165, 1.54) is 0 Å². The summed E-state index contributed by atoms with van der Waals surface area (Å²) in [6.45, 7) is 0. The van der Waals surface area contributed by atoms with E-state index in [1.807, 2.05) is 18.3 Å². The molecule has 1 aromatic rings. The third-order valence-corrected chi connectivity index (χ3v) is 2.01. The van der Waals surface area contributed by atoms with Crippen molar-refractivity contribution >= 4 is 46.9 Å². The van der Waals surface area contributed by atoms with Crippen molar-refractivity contribution in [2.75, 3.05) is 5.32 Å². The fraction of sp³-hybridized carbons (Fsp3) is 0.167. The van der Waals surface area contributed by atoms with Gasteiger partial charge in [0.05, 0.1) is 5.52 Å². The van der Waals surface area contributed by atoms with Gasteiger partial charge in [-0.05, 0) is 34.7 Å². The molecule has 2 nitrogen and oxygen atoms in total. The van der Waals surface area contributed by atoms with E-state index in [-0.39, 0.29) is 5.52 Å².